The number of hydrogen-bond acceptors (Lipinski definition) is 3. The lowest BCUT2D eigenvalue weighted by atomic mass is 10.1. The number of carbonyl (C=O) groups is 1. The molecule has 0 aliphatic rings. The van der Waals surface area contributed by atoms with E-state index < -0.39 is 0 Å². The molecule has 1 amide bonds. The van der Waals surface area contributed by atoms with Crippen LogP contribution in [0.5, 0.6) is 0 Å². The molecule has 2 N–H and O–H groups in total. The van der Waals surface area contributed by atoms with Crippen LogP contribution in [-0.4, -0.2) is 21.1 Å². The van der Waals surface area contributed by atoms with Crippen molar-refractivity contribution in [3.8, 4) is 11.3 Å². The van der Waals surface area contributed by atoms with E-state index in [0.717, 1.165) is 11.3 Å². The Morgan fingerprint density at radius 3 is 2.79 bits per heavy atom. The molecule has 1 aromatic carbocycles. The summed E-state index contributed by atoms with van der Waals surface area (Å²) in [4.78, 5) is 16.8. The average molecular weight is 324 g/mol. The highest BCUT2D eigenvalue weighted by molar-refractivity contribution is 5.99. The molecule has 0 saturated carbocycles. The maximum atomic E-state index is 13.4. The van der Waals surface area contributed by atoms with Crippen LogP contribution in [0.2, 0.25) is 0 Å². The van der Waals surface area contributed by atoms with Gasteiger partial charge in [-0.25, -0.2) is 4.39 Å². The molecule has 2 aromatic heterocycles. The SMILES string of the molecule is Cc1ccc([C@@H](C)NC(=O)c2cn[nH]c2-c2cccc(F)c2)cn1. The van der Waals surface area contributed by atoms with Crippen molar-refractivity contribution >= 4 is 5.91 Å². The van der Waals surface area contributed by atoms with Crippen LogP contribution in [-0.2, 0) is 0 Å². The minimum Gasteiger partial charge on any atom is -0.345 e. The van der Waals surface area contributed by atoms with Crippen LogP contribution in [0.15, 0.2) is 48.8 Å². The molecule has 3 rings (SSSR count). The molecule has 2 heterocycles. The van der Waals surface area contributed by atoms with Crippen molar-refractivity contribution in [1.29, 1.82) is 0 Å². The zero-order valence-electron chi connectivity index (χ0n) is 13.4. The fourth-order valence-electron chi connectivity index (χ4n) is 2.42. The monoisotopic (exact) mass is 324 g/mol. The number of aryl methyl sites for hydroxylation is 1. The van der Waals surface area contributed by atoms with E-state index in [9.17, 15) is 9.18 Å². The predicted molar refractivity (Wildman–Crippen MR) is 88.8 cm³/mol. The quantitative estimate of drug-likeness (QED) is 0.772. The van der Waals surface area contributed by atoms with Gasteiger partial charge in [0.05, 0.1) is 23.5 Å². The number of nitrogens with one attached hydrogen (secondary N) is 2. The Balaban J connectivity index is 1.81. The summed E-state index contributed by atoms with van der Waals surface area (Å²) in [6.07, 6.45) is 3.18. The Morgan fingerprint density at radius 1 is 1.25 bits per heavy atom. The van der Waals surface area contributed by atoms with Crippen LogP contribution >= 0.6 is 0 Å². The number of H-pyrrole nitrogens is 1. The van der Waals surface area contributed by atoms with Crippen LogP contribution in [0.25, 0.3) is 11.3 Å². The molecule has 122 valence electrons. The van der Waals surface area contributed by atoms with Crippen molar-refractivity contribution in [2.45, 2.75) is 19.9 Å². The number of halogens is 1. The van der Waals surface area contributed by atoms with Gasteiger partial charge < -0.3 is 5.32 Å². The second-order valence-electron chi connectivity index (χ2n) is 5.60. The number of rotatable bonds is 4. The summed E-state index contributed by atoms with van der Waals surface area (Å²) in [5.74, 6) is -0.649. The first-order valence-corrected chi connectivity index (χ1v) is 7.57. The average Bonchev–Trinajstić information content (AvgIpc) is 3.05. The molecule has 0 aliphatic heterocycles. The highest BCUT2D eigenvalue weighted by Crippen LogP contribution is 2.22. The number of nitrogens with zero attached hydrogens (tertiary/aromatic N) is 2. The molecular weight excluding hydrogens is 307 g/mol. The van der Waals surface area contributed by atoms with Gasteiger partial charge in [0.2, 0.25) is 0 Å². The van der Waals surface area contributed by atoms with Gasteiger partial charge in [0.1, 0.15) is 5.82 Å². The third kappa shape index (κ3) is 3.32. The number of benzene rings is 1. The minimum atomic E-state index is -0.368. The van der Waals surface area contributed by atoms with Gasteiger partial charge in [-0.15, -0.1) is 0 Å². The van der Waals surface area contributed by atoms with Crippen molar-refractivity contribution < 1.29 is 9.18 Å². The smallest absolute Gasteiger partial charge is 0.255 e. The third-order valence-electron chi connectivity index (χ3n) is 3.78. The van der Waals surface area contributed by atoms with E-state index in [-0.39, 0.29) is 17.8 Å². The van der Waals surface area contributed by atoms with Crippen molar-refractivity contribution in [3.63, 3.8) is 0 Å². The summed E-state index contributed by atoms with van der Waals surface area (Å²) in [7, 11) is 0. The molecule has 0 radical (unpaired) electrons. The molecule has 3 aromatic rings. The number of aromatic nitrogens is 3. The Hall–Kier alpha value is -3.02. The fraction of sp³-hybridized carbons (Fsp3) is 0.167. The van der Waals surface area contributed by atoms with Gasteiger partial charge in [0.25, 0.3) is 5.91 Å². The maximum absolute atomic E-state index is 13.4. The van der Waals surface area contributed by atoms with Crippen LogP contribution in [0.4, 0.5) is 4.39 Å². The first-order valence-electron chi connectivity index (χ1n) is 7.57. The summed E-state index contributed by atoms with van der Waals surface area (Å²) in [6, 6.07) is 9.64. The van der Waals surface area contributed by atoms with E-state index in [0.29, 0.717) is 16.8 Å². The Labute approximate surface area is 138 Å². The van der Waals surface area contributed by atoms with Crippen LogP contribution in [0, 0.1) is 12.7 Å². The maximum Gasteiger partial charge on any atom is 0.255 e. The van der Waals surface area contributed by atoms with Gasteiger partial charge in [-0.05, 0) is 37.6 Å². The van der Waals surface area contributed by atoms with Crippen molar-refractivity contribution in [1.82, 2.24) is 20.5 Å². The molecule has 5 nitrogen and oxygen atoms in total. The number of hydrogen-bond donors (Lipinski definition) is 2. The highest BCUT2D eigenvalue weighted by Gasteiger charge is 2.18. The zero-order chi connectivity index (χ0) is 17.1. The van der Waals surface area contributed by atoms with E-state index in [4.69, 9.17) is 0 Å². The summed E-state index contributed by atoms with van der Waals surface area (Å²) in [6.45, 7) is 3.79. The van der Waals surface area contributed by atoms with Crippen molar-refractivity contribution in [3.05, 3.63) is 71.4 Å². The molecule has 0 unspecified atom stereocenters. The van der Waals surface area contributed by atoms with Gasteiger partial charge in [0, 0.05) is 17.5 Å². The molecule has 6 heteroatoms. The Kier molecular flexibility index (Phi) is 4.37. The zero-order valence-corrected chi connectivity index (χ0v) is 13.4. The molecule has 1 atom stereocenters. The van der Waals surface area contributed by atoms with Crippen LogP contribution in [0.1, 0.15) is 34.6 Å². The number of pyridine rings is 1. The van der Waals surface area contributed by atoms with E-state index in [1.165, 1.54) is 18.3 Å². The Morgan fingerprint density at radius 2 is 2.08 bits per heavy atom. The topological polar surface area (TPSA) is 70.7 Å². The first-order chi connectivity index (χ1) is 11.5. The fourth-order valence-corrected chi connectivity index (χ4v) is 2.42. The second-order valence-corrected chi connectivity index (χ2v) is 5.60. The highest BCUT2D eigenvalue weighted by atomic mass is 19.1. The minimum absolute atomic E-state index is 0.208. The standard InChI is InChI=1S/C18H17FN4O/c1-11-6-7-14(9-20-11)12(2)22-18(24)16-10-21-23-17(16)13-4-3-5-15(19)8-13/h3-10,12H,1-2H3,(H,21,23)(H,22,24)/t12-/m1/s1. The van der Waals surface area contributed by atoms with Crippen LogP contribution in [0.3, 0.4) is 0 Å². The third-order valence-corrected chi connectivity index (χ3v) is 3.78. The summed E-state index contributed by atoms with van der Waals surface area (Å²) in [5.41, 5.74) is 3.25. The van der Waals surface area contributed by atoms with Crippen LogP contribution < -0.4 is 5.32 Å². The molecule has 0 aliphatic carbocycles. The van der Waals surface area contributed by atoms with Gasteiger partial charge in [-0.3, -0.25) is 14.9 Å². The van der Waals surface area contributed by atoms with Gasteiger partial charge >= 0.3 is 0 Å². The largest absolute Gasteiger partial charge is 0.345 e. The summed E-state index contributed by atoms with van der Waals surface area (Å²) in [5, 5.41) is 9.59. The Bertz CT molecular complexity index is 857. The van der Waals surface area contributed by atoms with E-state index >= 15 is 0 Å². The molecule has 0 saturated heterocycles. The lowest BCUT2D eigenvalue weighted by Crippen LogP contribution is -2.26. The molecule has 24 heavy (non-hydrogen) atoms. The number of carbonyl (C=O) groups excluding carboxylic acids is 1. The summed E-state index contributed by atoms with van der Waals surface area (Å²) >= 11 is 0. The van der Waals surface area contributed by atoms with Gasteiger partial charge in [-0.1, -0.05) is 18.2 Å². The lowest BCUT2D eigenvalue weighted by Gasteiger charge is -2.14. The van der Waals surface area contributed by atoms with E-state index in [2.05, 4.69) is 20.5 Å². The van der Waals surface area contributed by atoms with Crippen molar-refractivity contribution in [2.24, 2.45) is 0 Å². The lowest BCUT2D eigenvalue weighted by molar-refractivity contribution is 0.0940. The molecule has 0 fully saturated rings. The second kappa shape index (κ2) is 6.62. The molecule has 0 bridgehead atoms. The van der Waals surface area contributed by atoms with Crippen molar-refractivity contribution in [2.75, 3.05) is 0 Å². The first kappa shape index (κ1) is 15.9. The van der Waals surface area contributed by atoms with Gasteiger partial charge in [0.15, 0.2) is 0 Å². The number of amides is 1. The number of aromatic amines is 1. The normalized spacial score (nSPS) is 12.0. The molecule has 0 spiro atoms. The van der Waals surface area contributed by atoms with E-state index in [1.54, 1.807) is 18.3 Å². The van der Waals surface area contributed by atoms with Gasteiger partial charge in [-0.2, -0.15) is 5.10 Å². The molecular formula is C18H17FN4O. The van der Waals surface area contributed by atoms with E-state index in [1.807, 2.05) is 26.0 Å². The summed E-state index contributed by atoms with van der Waals surface area (Å²) < 4.78 is 13.4. The predicted octanol–water partition coefficient (Wildman–Crippen LogP) is 3.41.